The molecular weight excluding hydrogens is 370 g/mol. The fourth-order valence-electron chi connectivity index (χ4n) is 2.99. The van der Waals surface area contributed by atoms with E-state index in [0.29, 0.717) is 26.1 Å². The molecule has 148 valence electrons. The fraction of sp³-hybridized carbons (Fsp3) is 0.474. The van der Waals surface area contributed by atoms with Gasteiger partial charge in [0.1, 0.15) is 18.1 Å². The maximum absolute atomic E-state index is 12.1. The van der Waals surface area contributed by atoms with E-state index in [-0.39, 0.29) is 30.3 Å². The Morgan fingerprint density at radius 2 is 2.07 bits per heavy atom. The smallest absolute Gasteiger partial charge is 0.224 e. The van der Waals surface area contributed by atoms with E-state index in [1.807, 2.05) is 38.1 Å². The minimum Gasteiger partial charge on any atom is -0.489 e. The second-order valence-corrected chi connectivity index (χ2v) is 6.70. The van der Waals surface area contributed by atoms with Crippen LogP contribution in [-0.2, 0) is 17.8 Å². The molecule has 1 aliphatic heterocycles. The average Bonchev–Trinajstić information content (AvgIpc) is 3.18. The maximum Gasteiger partial charge on any atom is 0.224 e. The minimum absolute atomic E-state index is 0. The molecule has 0 bridgehead atoms. The van der Waals surface area contributed by atoms with Gasteiger partial charge >= 0.3 is 0 Å². The van der Waals surface area contributed by atoms with Gasteiger partial charge in [0.25, 0.3) is 0 Å². The van der Waals surface area contributed by atoms with E-state index in [1.165, 1.54) is 0 Å². The molecule has 0 saturated carbocycles. The molecule has 2 aromatic rings. The van der Waals surface area contributed by atoms with Crippen LogP contribution in [0.2, 0.25) is 0 Å². The van der Waals surface area contributed by atoms with Crippen molar-refractivity contribution in [3.8, 4) is 5.75 Å². The summed E-state index contributed by atoms with van der Waals surface area (Å²) in [6.07, 6.45) is -0.0788. The SMILES string of the molecule is Cc1noc(C)c1COc1ccc(CC(=O)NCC2CNCC2O)cc1.Cl. The van der Waals surface area contributed by atoms with Crippen LogP contribution in [0.25, 0.3) is 0 Å². The van der Waals surface area contributed by atoms with Gasteiger partial charge < -0.3 is 25.0 Å². The molecule has 1 saturated heterocycles. The van der Waals surface area contributed by atoms with Crippen molar-refractivity contribution in [1.82, 2.24) is 15.8 Å². The summed E-state index contributed by atoms with van der Waals surface area (Å²) in [5.41, 5.74) is 2.70. The van der Waals surface area contributed by atoms with Gasteiger partial charge in [-0.2, -0.15) is 0 Å². The number of rotatable bonds is 7. The van der Waals surface area contributed by atoms with Gasteiger partial charge in [-0.1, -0.05) is 17.3 Å². The van der Waals surface area contributed by atoms with E-state index in [0.717, 1.165) is 34.9 Å². The molecule has 3 N–H and O–H groups in total. The third-order valence-corrected chi connectivity index (χ3v) is 4.72. The van der Waals surface area contributed by atoms with Gasteiger partial charge in [-0.3, -0.25) is 4.79 Å². The summed E-state index contributed by atoms with van der Waals surface area (Å²) >= 11 is 0. The molecular formula is C19H26ClN3O4. The minimum atomic E-state index is -0.385. The van der Waals surface area contributed by atoms with Crippen molar-refractivity contribution < 1.29 is 19.2 Å². The highest BCUT2D eigenvalue weighted by Crippen LogP contribution is 2.18. The number of β-amino-alcohol motifs (C(OH)–C–C–N with tert-alkyl or cyclic N) is 1. The first kappa shape index (κ1) is 21.2. The number of halogens is 1. The van der Waals surface area contributed by atoms with Crippen LogP contribution in [0.1, 0.15) is 22.6 Å². The number of aromatic nitrogens is 1. The van der Waals surface area contributed by atoms with Gasteiger partial charge in [0, 0.05) is 25.6 Å². The summed E-state index contributed by atoms with van der Waals surface area (Å²) in [6.45, 7) is 5.97. The first-order valence-electron chi connectivity index (χ1n) is 8.82. The predicted octanol–water partition coefficient (Wildman–Crippen LogP) is 1.53. The van der Waals surface area contributed by atoms with Gasteiger partial charge in [0.05, 0.1) is 23.8 Å². The Bertz CT molecular complexity index is 728. The summed E-state index contributed by atoms with van der Waals surface area (Å²) in [5, 5.41) is 19.6. The Labute approximate surface area is 164 Å². The Morgan fingerprint density at radius 3 is 2.67 bits per heavy atom. The largest absolute Gasteiger partial charge is 0.489 e. The quantitative estimate of drug-likeness (QED) is 0.658. The van der Waals surface area contributed by atoms with Crippen LogP contribution in [0.15, 0.2) is 28.8 Å². The van der Waals surface area contributed by atoms with Crippen molar-refractivity contribution in [2.75, 3.05) is 19.6 Å². The number of benzene rings is 1. The molecule has 2 atom stereocenters. The topological polar surface area (TPSA) is 96.6 Å². The normalized spacial score (nSPS) is 18.8. The lowest BCUT2D eigenvalue weighted by molar-refractivity contribution is -0.120. The first-order chi connectivity index (χ1) is 12.5. The predicted molar refractivity (Wildman–Crippen MR) is 103 cm³/mol. The van der Waals surface area contributed by atoms with Gasteiger partial charge in [-0.25, -0.2) is 0 Å². The van der Waals surface area contributed by atoms with E-state index >= 15 is 0 Å². The monoisotopic (exact) mass is 395 g/mol. The number of hydrogen-bond donors (Lipinski definition) is 3. The van der Waals surface area contributed by atoms with E-state index in [4.69, 9.17) is 9.26 Å². The Morgan fingerprint density at radius 1 is 1.33 bits per heavy atom. The van der Waals surface area contributed by atoms with Crippen molar-refractivity contribution in [3.63, 3.8) is 0 Å². The molecule has 0 radical (unpaired) electrons. The molecule has 1 aromatic heterocycles. The van der Waals surface area contributed by atoms with Crippen molar-refractivity contribution in [2.24, 2.45) is 5.92 Å². The van der Waals surface area contributed by atoms with Crippen LogP contribution in [-0.4, -0.2) is 41.9 Å². The average molecular weight is 396 g/mol. The van der Waals surface area contributed by atoms with E-state index in [9.17, 15) is 9.90 Å². The highest BCUT2D eigenvalue weighted by molar-refractivity contribution is 5.85. The highest BCUT2D eigenvalue weighted by Gasteiger charge is 2.24. The molecule has 1 fully saturated rings. The zero-order valence-electron chi connectivity index (χ0n) is 15.5. The van der Waals surface area contributed by atoms with Crippen LogP contribution in [0, 0.1) is 19.8 Å². The number of aliphatic hydroxyl groups is 1. The van der Waals surface area contributed by atoms with E-state index < -0.39 is 0 Å². The molecule has 8 heteroatoms. The number of nitrogens with one attached hydrogen (secondary N) is 2. The molecule has 27 heavy (non-hydrogen) atoms. The second-order valence-electron chi connectivity index (χ2n) is 6.70. The fourth-order valence-corrected chi connectivity index (χ4v) is 2.99. The standard InChI is InChI=1S/C19H25N3O4.ClH/c1-12-17(13(2)26-22-12)11-25-16-5-3-14(4-6-16)7-19(24)21-9-15-8-20-10-18(15)23;/h3-6,15,18,20,23H,7-11H2,1-2H3,(H,21,24);1H. The number of ether oxygens (including phenoxy) is 1. The van der Waals surface area contributed by atoms with E-state index in [2.05, 4.69) is 15.8 Å². The van der Waals surface area contributed by atoms with Crippen LogP contribution in [0.5, 0.6) is 5.75 Å². The molecule has 2 heterocycles. The number of carbonyl (C=O) groups is 1. The lowest BCUT2D eigenvalue weighted by Gasteiger charge is -2.14. The summed E-state index contributed by atoms with van der Waals surface area (Å²) in [7, 11) is 0. The van der Waals surface area contributed by atoms with Crippen LogP contribution >= 0.6 is 12.4 Å². The third kappa shape index (κ3) is 5.69. The van der Waals surface area contributed by atoms with Crippen LogP contribution in [0.4, 0.5) is 0 Å². The van der Waals surface area contributed by atoms with Gasteiger partial charge in [-0.05, 0) is 31.5 Å². The van der Waals surface area contributed by atoms with Crippen LogP contribution in [0.3, 0.4) is 0 Å². The summed E-state index contributed by atoms with van der Waals surface area (Å²) in [4.78, 5) is 12.1. The maximum atomic E-state index is 12.1. The summed E-state index contributed by atoms with van der Waals surface area (Å²) in [6, 6.07) is 7.47. The zero-order valence-corrected chi connectivity index (χ0v) is 16.3. The van der Waals surface area contributed by atoms with Crippen molar-refractivity contribution in [3.05, 3.63) is 46.8 Å². The van der Waals surface area contributed by atoms with Gasteiger partial charge in [-0.15, -0.1) is 12.4 Å². The molecule has 7 nitrogen and oxygen atoms in total. The Balaban J connectivity index is 0.00000261. The van der Waals surface area contributed by atoms with Gasteiger partial charge in [0.15, 0.2) is 0 Å². The van der Waals surface area contributed by atoms with Crippen LogP contribution < -0.4 is 15.4 Å². The zero-order chi connectivity index (χ0) is 18.5. The number of carbonyl (C=O) groups excluding carboxylic acids is 1. The van der Waals surface area contributed by atoms with Gasteiger partial charge in [0.2, 0.25) is 5.91 Å². The lowest BCUT2D eigenvalue weighted by Crippen LogP contribution is -2.35. The van der Waals surface area contributed by atoms with Crippen molar-refractivity contribution in [1.29, 1.82) is 0 Å². The number of hydrogen-bond acceptors (Lipinski definition) is 6. The molecule has 1 amide bonds. The Hall–Kier alpha value is -2.09. The van der Waals surface area contributed by atoms with E-state index in [1.54, 1.807) is 0 Å². The summed E-state index contributed by atoms with van der Waals surface area (Å²) in [5.74, 6) is 1.53. The molecule has 0 aliphatic carbocycles. The number of amides is 1. The first-order valence-corrected chi connectivity index (χ1v) is 8.82. The molecule has 2 unspecified atom stereocenters. The lowest BCUT2D eigenvalue weighted by atomic mass is 10.1. The number of aryl methyl sites for hydroxylation is 2. The molecule has 1 aromatic carbocycles. The summed E-state index contributed by atoms with van der Waals surface area (Å²) < 4.78 is 10.9. The molecule has 3 rings (SSSR count). The number of nitrogens with zero attached hydrogens (tertiary/aromatic N) is 1. The molecule has 1 aliphatic rings. The highest BCUT2D eigenvalue weighted by atomic mass is 35.5. The van der Waals surface area contributed by atoms with Crippen molar-refractivity contribution >= 4 is 18.3 Å². The van der Waals surface area contributed by atoms with Crippen molar-refractivity contribution in [2.45, 2.75) is 33.0 Å². The molecule has 0 spiro atoms. The second kappa shape index (κ2) is 9.73. The Kier molecular flexibility index (Phi) is 7.65. The number of aliphatic hydroxyl groups excluding tert-OH is 1. The third-order valence-electron chi connectivity index (χ3n) is 4.72.